The van der Waals surface area contributed by atoms with E-state index in [1.54, 1.807) is 6.07 Å². The van der Waals surface area contributed by atoms with E-state index in [2.05, 4.69) is 4.74 Å². The average molecular weight is 305 g/mol. The van der Waals surface area contributed by atoms with Gasteiger partial charge in [0.25, 0.3) is 0 Å². The van der Waals surface area contributed by atoms with Crippen LogP contribution in [0.25, 0.3) is 0 Å². The molecule has 0 amide bonds. The molecule has 1 aliphatic heterocycles. The van der Waals surface area contributed by atoms with Gasteiger partial charge in [-0.3, -0.25) is 4.90 Å². The van der Waals surface area contributed by atoms with Crippen LogP contribution in [0.1, 0.15) is 12.5 Å². The Morgan fingerprint density at radius 3 is 2.86 bits per heavy atom. The molecule has 7 heteroatoms. The van der Waals surface area contributed by atoms with Crippen molar-refractivity contribution in [2.75, 3.05) is 19.8 Å². The van der Waals surface area contributed by atoms with E-state index in [1.807, 2.05) is 11.8 Å². The van der Waals surface area contributed by atoms with E-state index in [0.29, 0.717) is 25.3 Å². The van der Waals surface area contributed by atoms with Crippen LogP contribution in [-0.4, -0.2) is 48.5 Å². The van der Waals surface area contributed by atoms with E-state index in [9.17, 15) is 13.2 Å². The van der Waals surface area contributed by atoms with Crippen LogP contribution in [0.5, 0.6) is 5.75 Å². The Labute approximate surface area is 121 Å². The molecule has 1 aromatic carbocycles. The molecule has 4 nitrogen and oxygen atoms in total. The second-order valence-corrected chi connectivity index (χ2v) is 5.06. The first-order chi connectivity index (χ1) is 9.99. The number of ether oxygens (including phenoxy) is 2. The van der Waals surface area contributed by atoms with E-state index < -0.39 is 18.2 Å². The molecule has 2 rings (SSSR count). The van der Waals surface area contributed by atoms with Gasteiger partial charge in [0.2, 0.25) is 0 Å². The molecule has 0 radical (unpaired) electrons. The number of halogens is 3. The molecule has 0 spiro atoms. The number of morpholine rings is 1. The van der Waals surface area contributed by atoms with Gasteiger partial charge in [0.15, 0.2) is 11.6 Å². The summed E-state index contributed by atoms with van der Waals surface area (Å²) in [5.74, 6) is -1.27. The highest BCUT2D eigenvalue weighted by molar-refractivity contribution is 5.29. The first-order valence-electron chi connectivity index (χ1n) is 6.69. The highest BCUT2D eigenvalue weighted by Crippen LogP contribution is 2.22. The van der Waals surface area contributed by atoms with Crippen LogP contribution in [-0.2, 0) is 11.3 Å². The largest absolute Gasteiger partial charge is 0.432 e. The minimum absolute atomic E-state index is 0.0707. The highest BCUT2D eigenvalue weighted by atomic mass is 19.3. The van der Waals surface area contributed by atoms with Crippen LogP contribution < -0.4 is 4.74 Å². The topological polar surface area (TPSA) is 41.9 Å². The quantitative estimate of drug-likeness (QED) is 0.903. The van der Waals surface area contributed by atoms with Crippen LogP contribution in [0, 0.1) is 5.82 Å². The third kappa shape index (κ3) is 4.33. The number of alkyl halides is 2. The van der Waals surface area contributed by atoms with Gasteiger partial charge >= 0.3 is 6.61 Å². The molecule has 118 valence electrons. The third-order valence-electron chi connectivity index (χ3n) is 3.44. The molecule has 0 aromatic heterocycles. The SMILES string of the molecule is C[C@H]1CO[C@H](CO)CN1Cc1ccc(OC(F)F)c(F)c1. The lowest BCUT2D eigenvalue weighted by Crippen LogP contribution is -2.48. The van der Waals surface area contributed by atoms with Crippen LogP contribution >= 0.6 is 0 Å². The van der Waals surface area contributed by atoms with E-state index in [1.165, 1.54) is 12.1 Å². The lowest BCUT2D eigenvalue weighted by atomic mass is 10.1. The maximum absolute atomic E-state index is 13.7. The van der Waals surface area contributed by atoms with Crippen molar-refractivity contribution >= 4 is 0 Å². The molecule has 21 heavy (non-hydrogen) atoms. The summed E-state index contributed by atoms with van der Waals surface area (Å²) in [4.78, 5) is 2.05. The van der Waals surface area contributed by atoms with E-state index in [0.717, 1.165) is 0 Å². The molecule has 0 unspecified atom stereocenters. The summed E-state index contributed by atoms with van der Waals surface area (Å²) in [6.45, 7) is 0.327. The minimum Gasteiger partial charge on any atom is -0.432 e. The molecule has 1 N–H and O–H groups in total. The van der Waals surface area contributed by atoms with Crippen molar-refractivity contribution in [2.45, 2.75) is 32.2 Å². The zero-order valence-electron chi connectivity index (χ0n) is 11.6. The lowest BCUT2D eigenvalue weighted by molar-refractivity contribution is -0.0806. The van der Waals surface area contributed by atoms with Gasteiger partial charge in [0.1, 0.15) is 0 Å². The zero-order chi connectivity index (χ0) is 15.4. The number of aliphatic hydroxyl groups is 1. The number of benzene rings is 1. The van der Waals surface area contributed by atoms with Crippen molar-refractivity contribution in [1.82, 2.24) is 4.90 Å². The fraction of sp³-hybridized carbons (Fsp3) is 0.571. The molecule has 1 aliphatic rings. The number of hydrogen-bond donors (Lipinski definition) is 1. The summed E-state index contributed by atoms with van der Waals surface area (Å²) in [5, 5.41) is 9.13. The fourth-order valence-electron chi connectivity index (χ4n) is 2.27. The summed E-state index contributed by atoms with van der Waals surface area (Å²) in [6, 6.07) is 4.07. The van der Waals surface area contributed by atoms with Crippen LogP contribution in [0.3, 0.4) is 0 Å². The molecule has 0 aliphatic carbocycles. The van der Waals surface area contributed by atoms with Crippen molar-refractivity contribution < 1.29 is 27.8 Å². The molecule has 2 atom stereocenters. The molecule has 1 heterocycles. The summed E-state index contributed by atoms with van der Waals surface area (Å²) in [6.07, 6.45) is -0.257. The van der Waals surface area contributed by atoms with Crippen molar-refractivity contribution in [1.29, 1.82) is 0 Å². The number of rotatable bonds is 5. The van der Waals surface area contributed by atoms with Gasteiger partial charge in [-0.25, -0.2) is 4.39 Å². The Bertz CT molecular complexity index is 473. The molecular formula is C14H18F3NO3. The van der Waals surface area contributed by atoms with Crippen molar-refractivity contribution in [3.05, 3.63) is 29.6 Å². The Morgan fingerprint density at radius 2 is 2.24 bits per heavy atom. The Balaban J connectivity index is 2.03. The maximum Gasteiger partial charge on any atom is 0.387 e. The molecule has 0 bridgehead atoms. The van der Waals surface area contributed by atoms with Crippen molar-refractivity contribution in [2.24, 2.45) is 0 Å². The molecule has 1 fully saturated rings. The first kappa shape index (κ1) is 16.1. The van der Waals surface area contributed by atoms with Gasteiger partial charge < -0.3 is 14.6 Å². The number of aliphatic hydroxyl groups excluding tert-OH is 1. The normalized spacial score (nSPS) is 23.5. The fourth-order valence-corrected chi connectivity index (χ4v) is 2.27. The van der Waals surface area contributed by atoms with Crippen LogP contribution in [0.15, 0.2) is 18.2 Å². The third-order valence-corrected chi connectivity index (χ3v) is 3.44. The number of hydrogen-bond acceptors (Lipinski definition) is 4. The summed E-state index contributed by atoms with van der Waals surface area (Å²) >= 11 is 0. The van der Waals surface area contributed by atoms with E-state index in [-0.39, 0.29) is 18.8 Å². The van der Waals surface area contributed by atoms with E-state index >= 15 is 0 Å². The maximum atomic E-state index is 13.7. The van der Waals surface area contributed by atoms with Crippen LogP contribution in [0.4, 0.5) is 13.2 Å². The smallest absolute Gasteiger partial charge is 0.387 e. The molecule has 1 aromatic rings. The standard InChI is InChI=1S/C14H18F3NO3/c1-9-8-20-11(7-19)6-18(9)5-10-2-3-13(12(15)4-10)21-14(16)17/h2-4,9,11,14,19H,5-8H2,1H3/t9-,11-/m0/s1. The summed E-state index contributed by atoms with van der Waals surface area (Å²) in [7, 11) is 0. The minimum atomic E-state index is -3.05. The van der Waals surface area contributed by atoms with E-state index in [4.69, 9.17) is 9.84 Å². The van der Waals surface area contributed by atoms with Gasteiger partial charge in [-0.15, -0.1) is 0 Å². The predicted molar refractivity (Wildman–Crippen MR) is 69.7 cm³/mol. The van der Waals surface area contributed by atoms with Gasteiger partial charge in [0, 0.05) is 19.1 Å². The van der Waals surface area contributed by atoms with Crippen molar-refractivity contribution in [3.63, 3.8) is 0 Å². The van der Waals surface area contributed by atoms with Gasteiger partial charge in [-0.05, 0) is 24.6 Å². The second-order valence-electron chi connectivity index (χ2n) is 5.06. The predicted octanol–water partition coefficient (Wildman–Crippen LogP) is 2.01. The Hall–Kier alpha value is -1.31. The highest BCUT2D eigenvalue weighted by Gasteiger charge is 2.25. The molecular weight excluding hydrogens is 287 g/mol. The van der Waals surface area contributed by atoms with Crippen LogP contribution in [0.2, 0.25) is 0 Å². The summed E-state index contributed by atoms with van der Waals surface area (Å²) in [5.41, 5.74) is 0.652. The monoisotopic (exact) mass is 305 g/mol. The number of nitrogens with zero attached hydrogens (tertiary/aromatic N) is 1. The Kier molecular flexibility index (Phi) is 5.44. The lowest BCUT2D eigenvalue weighted by Gasteiger charge is -2.37. The van der Waals surface area contributed by atoms with Gasteiger partial charge in [-0.1, -0.05) is 6.07 Å². The van der Waals surface area contributed by atoms with Gasteiger partial charge in [-0.2, -0.15) is 8.78 Å². The summed E-state index contributed by atoms with van der Waals surface area (Å²) < 4.78 is 47.3. The van der Waals surface area contributed by atoms with Crippen molar-refractivity contribution in [3.8, 4) is 5.75 Å². The first-order valence-corrected chi connectivity index (χ1v) is 6.69. The molecule has 0 saturated carbocycles. The molecule has 1 saturated heterocycles. The second kappa shape index (κ2) is 7.11. The Morgan fingerprint density at radius 1 is 1.48 bits per heavy atom. The average Bonchev–Trinajstić information content (AvgIpc) is 2.44. The van der Waals surface area contributed by atoms with Gasteiger partial charge in [0.05, 0.1) is 19.3 Å². The zero-order valence-corrected chi connectivity index (χ0v) is 11.6.